The van der Waals surface area contributed by atoms with Crippen molar-refractivity contribution in [3.05, 3.63) is 53.6 Å². The number of benzene rings is 1. The largest absolute Gasteiger partial charge is 0.324 e. The highest BCUT2D eigenvalue weighted by molar-refractivity contribution is 7.98. The van der Waals surface area contributed by atoms with Crippen molar-refractivity contribution in [1.82, 2.24) is 9.97 Å². The minimum Gasteiger partial charge on any atom is -0.324 e. The van der Waals surface area contributed by atoms with Crippen LogP contribution in [0.2, 0.25) is 0 Å². The Morgan fingerprint density at radius 3 is 2.61 bits per heavy atom. The monoisotopic (exact) mass is 259 g/mol. The summed E-state index contributed by atoms with van der Waals surface area (Å²) in [6, 6.07) is 10.3. The van der Waals surface area contributed by atoms with Gasteiger partial charge in [-0.1, -0.05) is 18.2 Å². The highest BCUT2D eigenvalue weighted by Crippen LogP contribution is 2.21. The van der Waals surface area contributed by atoms with Gasteiger partial charge in [0.1, 0.15) is 5.82 Å². The smallest absolute Gasteiger partial charge is 0.138 e. The lowest BCUT2D eigenvalue weighted by molar-refractivity contribution is 0.781. The Hall–Kier alpha value is -1.39. The maximum Gasteiger partial charge on any atom is 0.138 e. The molecule has 2 rings (SSSR count). The summed E-state index contributed by atoms with van der Waals surface area (Å²) in [5.41, 5.74) is 7.84. The molecule has 0 amide bonds. The van der Waals surface area contributed by atoms with E-state index >= 15 is 0 Å². The molecule has 0 aliphatic heterocycles. The van der Waals surface area contributed by atoms with Gasteiger partial charge in [0, 0.05) is 28.4 Å². The number of hydrogen-bond donors (Lipinski definition) is 1. The second-order valence-corrected chi connectivity index (χ2v) is 5.27. The van der Waals surface area contributed by atoms with Gasteiger partial charge < -0.3 is 5.73 Å². The van der Waals surface area contributed by atoms with Gasteiger partial charge in [-0.3, -0.25) is 0 Å². The number of nitrogens with two attached hydrogens (primary N) is 1. The van der Waals surface area contributed by atoms with Crippen molar-refractivity contribution in [1.29, 1.82) is 0 Å². The normalized spacial score (nSPS) is 12.4. The zero-order valence-corrected chi connectivity index (χ0v) is 11.4. The van der Waals surface area contributed by atoms with Crippen LogP contribution in [0.25, 0.3) is 0 Å². The molecule has 1 heterocycles. The van der Waals surface area contributed by atoms with Crippen LogP contribution in [0.3, 0.4) is 0 Å². The van der Waals surface area contributed by atoms with Crippen molar-refractivity contribution in [2.45, 2.75) is 30.5 Å². The molecule has 0 aliphatic rings. The molecule has 1 aromatic carbocycles. The maximum absolute atomic E-state index is 5.84. The third-order valence-electron chi connectivity index (χ3n) is 2.67. The lowest BCUT2D eigenvalue weighted by atomic mass is 10.1. The fraction of sp³-hybridized carbons (Fsp3) is 0.286. The molecule has 18 heavy (non-hydrogen) atoms. The van der Waals surface area contributed by atoms with Crippen LogP contribution in [0, 0.1) is 6.92 Å². The average molecular weight is 259 g/mol. The summed E-state index contributed by atoms with van der Waals surface area (Å²) < 4.78 is 0. The first-order chi connectivity index (χ1) is 8.66. The van der Waals surface area contributed by atoms with Crippen LogP contribution >= 0.6 is 11.8 Å². The van der Waals surface area contributed by atoms with E-state index in [-0.39, 0.29) is 6.04 Å². The molecule has 0 saturated carbocycles. The van der Waals surface area contributed by atoms with E-state index in [1.807, 2.05) is 38.2 Å². The first-order valence-electron chi connectivity index (χ1n) is 5.92. The van der Waals surface area contributed by atoms with Gasteiger partial charge in [0.2, 0.25) is 0 Å². The molecular formula is C14H17N3S. The summed E-state index contributed by atoms with van der Waals surface area (Å²) in [6.45, 7) is 3.93. The Bertz CT molecular complexity index is 512. The molecule has 0 bridgehead atoms. The van der Waals surface area contributed by atoms with Gasteiger partial charge in [0.25, 0.3) is 0 Å². The van der Waals surface area contributed by atoms with Crippen LogP contribution in [0.1, 0.15) is 30.0 Å². The highest BCUT2D eigenvalue weighted by atomic mass is 32.2. The van der Waals surface area contributed by atoms with Gasteiger partial charge in [-0.15, -0.1) is 11.8 Å². The Labute approximate surface area is 112 Å². The minimum absolute atomic E-state index is 0.0131. The Kier molecular flexibility index (Phi) is 4.33. The first-order valence-corrected chi connectivity index (χ1v) is 6.91. The Balaban J connectivity index is 2.05. The van der Waals surface area contributed by atoms with Crippen LogP contribution in [0.4, 0.5) is 0 Å². The summed E-state index contributed by atoms with van der Waals surface area (Å²) >= 11 is 1.74. The van der Waals surface area contributed by atoms with Crippen LogP contribution in [-0.2, 0) is 5.75 Å². The van der Waals surface area contributed by atoms with Gasteiger partial charge in [-0.2, -0.15) is 0 Å². The van der Waals surface area contributed by atoms with E-state index in [4.69, 9.17) is 5.73 Å². The van der Waals surface area contributed by atoms with Gasteiger partial charge >= 0.3 is 0 Å². The predicted molar refractivity (Wildman–Crippen MR) is 75.4 cm³/mol. The molecule has 0 spiro atoms. The number of nitrogens with zero attached hydrogens (tertiary/aromatic N) is 2. The van der Waals surface area contributed by atoms with Gasteiger partial charge in [-0.05, 0) is 26.0 Å². The maximum atomic E-state index is 5.84. The van der Waals surface area contributed by atoms with E-state index in [2.05, 4.69) is 22.1 Å². The fourth-order valence-corrected chi connectivity index (χ4v) is 2.49. The van der Waals surface area contributed by atoms with Crippen LogP contribution in [0.5, 0.6) is 0 Å². The number of aromatic nitrogens is 2. The summed E-state index contributed by atoms with van der Waals surface area (Å²) in [5, 5.41) is 0. The molecule has 2 aromatic rings. The van der Waals surface area contributed by atoms with Gasteiger partial charge in [-0.25, -0.2) is 9.97 Å². The summed E-state index contributed by atoms with van der Waals surface area (Å²) in [4.78, 5) is 10.1. The SMILES string of the molecule is Cc1nc(CSc2ccccc2)ncc1[C@H](C)N. The summed E-state index contributed by atoms with van der Waals surface area (Å²) in [6.07, 6.45) is 1.84. The van der Waals surface area contributed by atoms with Crippen molar-refractivity contribution in [2.24, 2.45) is 5.73 Å². The van der Waals surface area contributed by atoms with Crippen molar-refractivity contribution in [3.63, 3.8) is 0 Å². The zero-order chi connectivity index (χ0) is 13.0. The molecule has 4 heteroatoms. The number of rotatable bonds is 4. The van der Waals surface area contributed by atoms with Crippen LogP contribution in [0.15, 0.2) is 41.4 Å². The zero-order valence-electron chi connectivity index (χ0n) is 10.6. The molecular weight excluding hydrogens is 242 g/mol. The third kappa shape index (κ3) is 3.31. The Morgan fingerprint density at radius 1 is 1.28 bits per heavy atom. The van der Waals surface area contributed by atoms with E-state index in [1.165, 1.54) is 4.90 Å². The summed E-state index contributed by atoms with van der Waals surface area (Å²) in [7, 11) is 0. The summed E-state index contributed by atoms with van der Waals surface area (Å²) in [5.74, 6) is 1.63. The van der Waals surface area contributed by atoms with Crippen molar-refractivity contribution in [3.8, 4) is 0 Å². The molecule has 0 aliphatic carbocycles. The first kappa shape index (κ1) is 13.1. The molecule has 3 nitrogen and oxygen atoms in total. The van der Waals surface area contributed by atoms with Crippen LogP contribution in [-0.4, -0.2) is 9.97 Å². The topological polar surface area (TPSA) is 51.8 Å². The van der Waals surface area contributed by atoms with E-state index < -0.39 is 0 Å². The van der Waals surface area contributed by atoms with E-state index in [0.29, 0.717) is 0 Å². The molecule has 2 N–H and O–H groups in total. The molecule has 1 aromatic heterocycles. The predicted octanol–water partition coefficient (Wildman–Crippen LogP) is 3.10. The molecule has 1 atom stereocenters. The molecule has 0 saturated heterocycles. The van der Waals surface area contributed by atoms with Crippen molar-refractivity contribution >= 4 is 11.8 Å². The van der Waals surface area contributed by atoms with Crippen LogP contribution < -0.4 is 5.73 Å². The van der Waals surface area contributed by atoms with Gasteiger partial charge in [0.05, 0.1) is 5.75 Å². The highest BCUT2D eigenvalue weighted by Gasteiger charge is 2.07. The van der Waals surface area contributed by atoms with Crippen molar-refractivity contribution < 1.29 is 0 Å². The van der Waals surface area contributed by atoms with E-state index in [9.17, 15) is 0 Å². The number of thioether (sulfide) groups is 1. The molecule has 0 unspecified atom stereocenters. The fourth-order valence-electron chi connectivity index (χ4n) is 1.71. The molecule has 0 fully saturated rings. The number of hydrogen-bond acceptors (Lipinski definition) is 4. The van der Waals surface area contributed by atoms with E-state index in [1.54, 1.807) is 11.8 Å². The quantitative estimate of drug-likeness (QED) is 0.857. The van der Waals surface area contributed by atoms with E-state index in [0.717, 1.165) is 22.8 Å². The second kappa shape index (κ2) is 5.98. The number of aryl methyl sites for hydroxylation is 1. The molecule has 94 valence electrons. The second-order valence-electron chi connectivity index (χ2n) is 4.22. The standard InChI is InChI=1S/C14H17N3S/c1-10(15)13-8-16-14(17-11(13)2)9-18-12-6-4-3-5-7-12/h3-8,10H,9,15H2,1-2H3/t10-/m0/s1. The van der Waals surface area contributed by atoms with Crippen molar-refractivity contribution in [2.75, 3.05) is 0 Å². The lowest BCUT2D eigenvalue weighted by Crippen LogP contribution is -2.10. The Morgan fingerprint density at radius 2 is 2.00 bits per heavy atom. The molecule has 0 radical (unpaired) electrons. The lowest BCUT2D eigenvalue weighted by Gasteiger charge is -2.09. The average Bonchev–Trinajstić information content (AvgIpc) is 2.37. The minimum atomic E-state index is -0.0131. The third-order valence-corrected chi connectivity index (χ3v) is 3.68. The van der Waals surface area contributed by atoms with Gasteiger partial charge in [0.15, 0.2) is 0 Å².